The first-order valence-corrected chi connectivity index (χ1v) is 32.2. The van der Waals surface area contributed by atoms with Crippen molar-refractivity contribution in [2.24, 2.45) is 0 Å². The average molecular weight is 1020 g/mol. The fourth-order valence-corrected chi connectivity index (χ4v) is 10.9. The van der Waals surface area contributed by atoms with Crippen molar-refractivity contribution in [3.8, 4) is 0 Å². The molecule has 1 rings (SSSR count). The first-order valence-electron chi connectivity index (χ1n) is 32.2. The molecule has 1 heterocycles. The summed E-state index contributed by atoms with van der Waals surface area (Å²) in [6, 6.07) is -0.714. The molecule has 6 N–H and O–H groups in total. The van der Waals surface area contributed by atoms with Gasteiger partial charge in [-0.1, -0.05) is 322 Å². The summed E-state index contributed by atoms with van der Waals surface area (Å²) in [4.78, 5) is 13.1. The lowest BCUT2D eigenvalue weighted by atomic mass is 9.99. The van der Waals surface area contributed by atoms with Crippen LogP contribution >= 0.6 is 0 Å². The van der Waals surface area contributed by atoms with Gasteiger partial charge in [0.05, 0.1) is 25.4 Å². The molecule has 1 aliphatic rings. The Morgan fingerprint density at radius 3 is 0.986 bits per heavy atom. The number of rotatable bonds is 57. The molecule has 1 fully saturated rings. The Kier molecular flexibility index (Phi) is 51.5. The Hall–Kier alpha value is -0.810. The summed E-state index contributed by atoms with van der Waals surface area (Å²) in [5.41, 5.74) is 0. The molecule has 0 aromatic carbocycles. The van der Waals surface area contributed by atoms with Crippen LogP contribution in [-0.4, -0.2) is 87.5 Å². The highest BCUT2D eigenvalue weighted by molar-refractivity contribution is 5.76. The Morgan fingerprint density at radius 2 is 0.694 bits per heavy atom. The Balaban J connectivity index is 2.13. The number of aliphatic hydroxyl groups excluding tert-OH is 5. The number of ether oxygens (including phenoxy) is 2. The fourth-order valence-electron chi connectivity index (χ4n) is 10.9. The number of carbonyl (C=O) groups excluding carboxylic acids is 1. The molecule has 7 atom stereocenters. The zero-order valence-electron chi connectivity index (χ0n) is 48.0. The second-order valence-electron chi connectivity index (χ2n) is 22.9. The van der Waals surface area contributed by atoms with Crippen LogP contribution in [0.4, 0.5) is 0 Å². The molecule has 0 aromatic heterocycles. The Labute approximate surface area is 446 Å². The van der Waals surface area contributed by atoms with Gasteiger partial charge in [0.1, 0.15) is 24.4 Å². The van der Waals surface area contributed by atoms with E-state index in [2.05, 4.69) is 19.2 Å². The van der Waals surface area contributed by atoms with E-state index in [9.17, 15) is 30.3 Å². The van der Waals surface area contributed by atoms with E-state index in [1.807, 2.05) is 0 Å². The predicted octanol–water partition coefficient (Wildman–Crippen LogP) is 16.6. The lowest BCUT2D eigenvalue weighted by Gasteiger charge is -2.40. The van der Waals surface area contributed by atoms with E-state index in [0.29, 0.717) is 12.8 Å². The minimum atomic E-state index is -1.55. The average Bonchev–Trinajstić information content (AvgIpc) is 3.38. The maximum atomic E-state index is 13.1. The minimum Gasteiger partial charge on any atom is -0.394 e. The molecule has 0 saturated carbocycles. The van der Waals surface area contributed by atoms with Gasteiger partial charge < -0.3 is 40.3 Å². The third-order valence-corrected chi connectivity index (χ3v) is 16.0. The van der Waals surface area contributed by atoms with Crippen LogP contribution in [-0.2, 0) is 14.3 Å². The molecule has 1 saturated heterocycles. The summed E-state index contributed by atoms with van der Waals surface area (Å²) in [7, 11) is 0. The van der Waals surface area contributed by atoms with Crippen LogP contribution in [0.5, 0.6) is 0 Å². The van der Waals surface area contributed by atoms with E-state index < -0.39 is 49.5 Å². The van der Waals surface area contributed by atoms with Crippen LogP contribution in [0, 0.1) is 0 Å². The number of hydrogen-bond acceptors (Lipinski definition) is 8. The van der Waals surface area contributed by atoms with Gasteiger partial charge in [0.25, 0.3) is 0 Å². The molecule has 7 unspecified atom stereocenters. The van der Waals surface area contributed by atoms with Gasteiger partial charge in [-0.15, -0.1) is 0 Å². The van der Waals surface area contributed by atoms with E-state index in [0.717, 1.165) is 38.5 Å². The standard InChI is InChI=1S/C63H125NO8/c1-3-5-7-9-11-13-15-17-19-21-23-25-26-27-28-29-30-31-33-35-37-39-41-43-45-47-49-51-53-59(67)64-56(55-71-63-62(70)61(69)60(68)58(54-65)72-63)57(66)52-50-48-46-44-42-40-38-36-34-32-24-22-20-18-16-14-12-10-8-6-4-2/h56-58,60-63,65-66,68-70H,3-55H2,1-2H3,(H,64,67). The van der Waals surface area contributed by atoms with Crippen molar-refractivity contribution in [2.75, 3.05) is 13.2 Å². The van der Waals surface area contributed by atoms with Crippen LogP contribution in [0.3, 0.4) is 0 Å². The number of carbonyl (C=O) groups is 1. The third-order valence-electron chi connectivity index (χ3n) is 16.0. The van der Waals surface area contributed by atoms with Gasteiger partial charge in [-0.3, -0.25) is 4.79 Å². The lowest BCUT2D eigenvalue weighted by molar-refractivity contribution is -0.302. The van der Waals surface area contributed by atoms with Gasteiger partial charge in [0, 0.05) is 6.42 Å². The highest BCUT2D eigenvalue weighted by Gasteiger charge is 2.44. The van der Waals surface area contributed by atoms with Crippen molar-refractivity contribution in [1.29, 1.82) is 0 Å². The van der Waals surface area contributed by atoms with E-state index in [4.69, 9.17) is 9.47 Å². The molecule has 9 nitrogen and oxygen atoms in total. The van der Waals surface area contributed by atoms with Crippen molar-refractivity contribution in [3.63, 3.8) is 0 Å². The zero-order valence-corrected chi connectivity index (χ0v) is 48.0. The van der Waals surface area contributed by atoms with Crippen LogP contribution in [0.25, 0.3) is 0 Å². The lowest BCUT2D eigenvalue weighted by Crippen LogP contribution is -2.60. The second-order valence-corrected chi connectivity index (χ2v) is 22.9. The van der Waals surface area contributed by atoms with Crippen LogP contribution < -0.4 is 5.32 Å². The van der Waals surface area contributed by atoms with Gasteiger partial charge >= 0.3 is 0 Å². The normalized spacial score (nSPS) is 19.0. The fraction of sp³-hybridized carbons (Fsp3) is 0.984. The summed E-state index contributed by atoms with van der Waals surface area (Å²) in [6.07, 6.45) is 58.7. The smallest absolute Gasteiger partial charge is 0.220 e. The van der Waals surface area contributed by atoms with Gasteiger partial charge in [0.15, 0.2) is 6.29 Å². The number of aliphatic hydroxyl groups is 5. The number of nitrogens with one attached hydrogen (secondary N) is 1. The van der Waals surface area contributed by atoms with Crippen LogP contribution in [0.15, 0.2) is 0 Å². The number of unbranched alkanes of at least 4 members (excludes halogenated alkanes) is 47. The van der Waals surface area contributed by atoms with Crippen molar-refractivity contribution >= 4 is 5.91 Å². The maximum Gasteiger partial charge on any atom is 0.220 e. The molecule has 1 aliphatic heterocycles. The molecule has 430 valence electrons. The van der Waals surface area contributed by atoms with E-state index >= 15 is 0 Å². The minimum absolute atomic E-state index is 0.131. The van der Waals surface area contributed by atoms with Gasteiger partial charge in [-0.05, 0) is 12.8 Å². The summed E-state index contributed by atoms with van der Waals surface area (Å²) in [6.45, 7) is 3.90. The van der Waals surface area contributed by atoms with E-state index in [-0.39, 0.29) is 12.5 Å². The molecular weight excluding hydrogens is 899 g/mol. The highest BCUT2D eigenvalue weighted by atomic mass is 16.7. The zero-order chi connectivity index (χ0) is 52.2. The van der Waals surface area contributed by atoms with E-state index in [1.54, 1.807) is 0 Å². The monoisotopic (exact) mass is 1020 g/mol. The summed E-state index contributed by atoms with van der Waals surface area (Å²) >= 11 is 0. The Morgan fingerprint density at radius 1 is 0.417 bits per heavy atom. The molecule has 9 heteroatoms. The Bertz CT molecular complexity index is 1100. The highest BCUT2D eigenvalue weighted by Crippen LogP contribution is 2.24. The van der Waals surface area contributed by atoms with Gasteiger partial charge in [0.2, 0.25) is 5.91 Å². The number of amides is 1. The molecule has 1 amide bonds. The van der Waals surface area contributed by atoms with Gasteiger partial charge in [-0.2, -0.15) is 0 Å². The molecule has 0 bridgehead atoms. The predicted molar refractivity (Wildman–Crippen MR) is 304 cm³/mol. The van der Waals surface area contributed by atoms with Crippen molar-refractivity contribution in [2.45, 2.75) is 384 Å². The van der Waals surface area contributed by atoms with Crippen molar-refractivity contribution < 1.29 is 39.8 Å². The molecule has 0 radical (unpaired) electrons. The van der Waals surface area contributed by atoms with Crippen molar-refractivity contribution in [1.82, 2.24) is 5.32 Å². The van der Waals surface area contributed by atoms with Crippen LogP contribution in [0.1, 0.15) is 341 Å². The third kappa shape index (κ3) is 42.3. The van der Waals surface area contributed by atoms with Crippen LogP contribution in [0.2, 0.25) is 0 Å². The molecular formula is C63H125NO8. The summed E-state index contributed by atoms with van der Waals surface area (Å²) < 4.78 is 11.4. The topological polar surface area (TPSA) is 149 Å². The largest absolute Gasteiger partial charge is 0.394 e. The molecule has 0 aromatic rings. The molecule has 0 aliphatic carbocycles. The SMILES string of the molecule is CCCCCCCCCCCCCCCCCCCCCCCCCCCCCCC(=O)NC(COC1OC(CO)C(O)C(O)C1O)C(O)CCCCCCCCCCCCCCCCCCCCCCC. The van der Waals surface area contributed by atoms with Gasteiger partial charge in [-0.25, -0.2) is 0 Å². The second kappa shape index (κ2) is 53.6. The molecule has 72 heavy (non-hydrogen) atoms. The van der Waals surface area contributed by atoms with E-state index in [1.165, 1.54) is 276 Å². The maximum absolute atomic E-state index is 13.1. The first kappa shape index (κ1) is 69.2. The summed E-state index contributed by atoms with van der Waals surface area (Å²) in [5.74, 6) is -0.134. The van der Waals surface area contributed by atoms with Crippen molar-refractivity contribution in [3.05, 3.63) is 0 Å². The first-order chi connectivity index (χ1) is 35.3. The molecule has 0 spiro atoms. The quantitative estimate of drug-likeness (QED) is 0.0330. The number of hydrogen-bond donors (Lipinski definition) is 6. The summed E-state index contributed by atoms with van der Waals surface area (Å²) in [5, 5.41) is 54.8.